The van der Waals surface area contributed by atoms with E-state index in [0.29, 0.717) is 35.7 Å². The van der Waals surface area contributed by atoms with Crippen LogP contribution in [0.5, 0.6) is 0 Å². The number of hydrogen-bond acceptors (Lipinski definition) is 10. The molecule has 0 bridgehead atoms. The molecule has 5 aromatic rings. The predicted octanol–water partition coefficient (Wildman–Crippen LogP) is 9.21. The number of sulfonamides is 1. The zero-order chi connectivity index (χ0) is 51.1. The molecule has 8 rings (SSSR count). The number of carboxylic acid groups (broad SMARTS) is 1. The summed E-state index contributed by atoms with van der Waals surface area (Å²) in [4.78, 5) is 52.1. The lowest BCUT2D eigenvalue weighted by Crippen LogP contribution is -2.57. The van der Waals surface area contributed by atoms with Crippen molar-refractivity contribution in [3.05, 3.63) is 141 Å². The largest absolute Gasteiger partial charge is 0.465 e. The van der Waals surface area contributed by atoms with Gasteiger partial charge in [0.25, 0.3) is 0 Å². The minimum Gasteiger partial charge on any atom is -0.465 e. The summed E-state index contributed by atoms with van der Waals surface area (Å²) in [6.45, 7) is 8.31. The lowest BCUT2D eigenvalue weighted by atomic mass is 9.89. The number of benzene rings is 4. The van der Waals surface area contributed by atoms with Crippen molar-refractivity contribution >= 4 is 45.6 Å². The third kappa shape index (κ3) is 11.5. The van der Waals surface area contributed by atoms with Crippen LogP contribution in [0.25, 0.3) is 11.1 Å². The summed E-state index contributed by atoms with van der Waals surface area (Å²) in [6.07, 6.45) is 3.83. The van der Waals surface area contributed by atoms with Gasteiger partial charge in [-0.15, -0.1) is 11.3 Å². The summed E-state index contributed by atoms with van der Waals surface area (Å²) < 4.78 is 30.1. The summed E-state index contributed by atoms with van der Waals surface area (Å²) in [5, 5.41) is 40.5. The van der Waals surface area contributed by atoms with Crippen molar-refractivity contribution in [1.82, 2.24) is 29.3 Å². The highest BCUT2D eigenvalue weighted by molar-refractivity contribution is 7.89. The van der Waals surface area contributed by atoms with Crippen LogP contribution in [0.2, 0.25) is 0 Å². The molecule has 1 aromatic heterocycles. The highest BCUT2D eigenvalue weighted by Gasteiger charge is 2.42. The van der Waals surface area contributed by atoms with Crippen LogP contribution < -0.4 is 5.32 Å². The van der Waals surface area contributed by atoms with Gasteiger partial charge in [-0.1, -0.05) is 129 Å². The van der Waals surface area contributed by atoms with E-state index in [0.717, 1.165) is 53.5 Å². The van der Waals surface area contributed by atoms with Crippen molar-refractivity contribution in [2.75, 3.05) is 26.2 Å². The summed E-state index contributed by atoms with van der Waals surface area (Å²) in [7, 11) is -4.12. The molecule has 72 heavy (non-hydrogen) atoms. The molecular formula is C55H67N7O8S2. The van der Waals surface area contributed by atoms with Crippen molar-refractivity contribution in [3.8, 4) is 11.1 Å². The summed E-state index contributed by atoms with van der Waals surface area (Å²) in [5.74, 6) is -0.666. The second-order valence-corrected chi connectivity index (χ2v) is 22.7. The molecule has 15 nitrogen and oxygen atoms in total. The molecule has 5 atom stereocenters. The molecule has 17 heteroatoms. The van der Waals surface area contributed by atoms with Crippen molar-refractivity contribution in [2.45, 2.75) is 120 Å². The second kappa shape index (κ2) is 23.2. The van der Waals surface area contributed by atoms with Crippen LogP contribution in [0.1, 0.15) is 111 Å². The number of aliphatic hydroxyl groups is 1. The van der Waals surface area contributed by atoms with Gasteiger partial charge in [0.05, 0.1) is 41.5 Å². The minimum absolute atomic E-state index is 0.0354. The monoisotopic (exact) mass is 1020 g/mol. The van der Waals surface area contributed by atoms with Crippen molar-refractivity contribution < 1.29 is 38.2 Å². The number of amides is 4. The molecule has 4 N–H and O–H groups in total. The number of hydrogen-bond donors (Lipinski definition) is 4. The van der Waals surface area contributed by atoms with Gasteiger partial charge in [0, 0.05) is 43.5 Å². The van der Waals surface area contributed by atoms with Gasteiger partial charge in [0.2, 0.25) is 15.9 Å². The first-order valence-corrected chi connectivity index (χ1v) is 27.5. The van der Waals surface area contributed by atoms with Gasteiger partial charge >= 0.3 is 12.1 Å². The summed E-state index contributed by atoms with van der Waals surface area (Å²) >= 11 is 1.39. The number of aliphatic hydroxyl groups excluding tert-OH is 1. The number of oxime groups is 1. The van der Waals surface area contributed by atoms with Gasteiger partial charge in [0.1, 0.15) is 11.0 Å². The first kappa shape index (κ1) is 52.2. The van der Waals surface area contributed by atoms with Crippen LogP contribution >= 0.6 is 11.3 Å². The zero-order valence-electron chi connectivity index (χ0n) is 41.5. The fraction of sp³-hybridized carbons (Fsp3) is 0.436. The van der Waals surface area contributed by atoms with Gasteiger partial charge in [-0.3, -0.25) is 9.69 Å². The molecule has 382 valence electrons. The van der Waals surface area contributed by atoms with E-state index in [1.165, 1.54) is 38.9 Å². The Morgan fingerprint density at radius 3 is 2.17 bits per heavy atom. The number of urea groups is 1. The highest BCUT2D eigenvalue weighted by Crippen LogP contribution is 2.49. The molecule has 3 aliphatic rings. The SMILES string of the molecule is CC[C@H](C)[C@@H](C(=O)N[C@@H](Cc1ccccc1)[C@H](O)CN(CC1CCCC1)S(=O)(=O)c1ccc(/C=N/O)cc1)N1CCN(Cc2csc(C(CC3c4ccccc4-c4ccccc43)N(C(=O)O)C(C)C)n2)C1=O. The van der Waals surface area contributed by atoms with Crippen LogP contribution in [0, 0.1) is 11.8 Å². The van der Waals surface area contributed by atoms with E-state index < -0.39 is 46.3 Å². The van der Waals surface area contributed by atoms with Gasteiger partial charge in [-0.25, -0.2) is 23.0 Å². The van der Waals surface area contributed by atoms with E-state index >= 15 is 0 Å². The number of fused-ring (bicyclic) bond motifs is 3. The normalized spacial score (nSPS) is 17.3. The Hall–Kier alpha value is -6.14. The molecule has 2 fully saturated rings. The average Bonchev–Trinajstić information content (AvgIpc) is 4.20. The Balaban J connectivity index is 1.01. The maximum Gasteiger partial charge on any atom is 0.408 e. The Morgan fingerprint density at radius 1 is 0.917 bits per heavy atom. The van der Waals surface area contributed by atoms with E-state index in [1.807, 2.05) is 87.7 Å². The van der Waals surface area contributed by atoms with Gasteiger partial charge in [0.15, 0.2) is 0 Å². The molecule has 4 amide bonds. The predicted molar refractivity (Wildman–Crippen MR) is 279 cm³/mol. The zero-order valence-corrected chi connectivity index (χ0v) is 43.1. The first-order chi connectivity index (χ1) is 34.7. The number of nitrogens with zero attached hydrogens (tertiary/aromatic N) is 6. The number of nitrogens with one attached hydrogen (secondary N) is 1. The lowest BCUT2D eigenvalue weighted by Gasteiger charge is -2.35. The molecule has 1 saturated heterocycles. The minimum atomic E-state index is -4.12. The maximum atomic E-state index is 14.8. The van der Waals surface area contributed by atoms with Crippen LogP contribution in [0.4, 0.5) is 9.59 Å². The van der Waals surface area contributed by atoms with Crippen molar-refractivity contribution in [3.63, 3.8) is 0 Å². The first-order valence-electron chi connectivity index (χ1n) is 25.2. The molecule has 4 aromatic carbocycles. The van der Waals surface area contributed by atoms with E-state index in [1.54, 1.807) is 21.9 Å². The van der Waals surface area contributed by atoms with Crippen molar-refractivity contribution in [2.24, 2.45) is 17.0 Å². The van der Waals surface area contributed by atoms with E-state index in [9.17, 15) is 33.0 Å². The molecular weight excluding hydrogens is 951 g/mol. The van der Waals surface area contributed by atoms with Crippen LogP contribution in [-0.2, 0) is 27.8 Å². The summed E-state index contributed by atoms with van der Waals surface area (Å²) in [5.41, 5.74) is 6.58. The molecule has 0 spiro atoms. The number of thiazole rings is 1. The Labute approximate surface area is 427 Å². The third-order valence-electron chi connectivity index (χ3n) is 14.8. The smallest absolute Gasteiger partial charge is 0.408 e. The van der Waals surface area contributed by atoms with E-state index in [2.05, 4.69) is 34.7 Å². The third-order valence-corrected chi connectivity index (χ3v) is 17.6. The van der Waals surface area contributed by atoms with Crippen LogP contribution in [0.3, 0.4) is 0 Å². The molecule has 1 saturated carbocycles. The molecule has 0 radical (unpaired) electrons. The molecule has 2 aliphatic carbocycles. The standard InChI is InChI=1S/C55H67N7O8S2/c1-5-37(4)51(52(64)58-48(29-38-15-7-6-8-16-38)50(63)34-60(32-40-17-9-10-18-40)72(69,70)42-25-23-39(24-26-42)31-56-68)61-28-27-59(54(61)65)33-41-35-71-53(57-41)49(62(36(2)3)55(66)67)30-47-45-21-13-11-19-43(45)44-20-12-14-22-46(44)47/h6-8,11-16,19-26,31,35-37,40,47-51,63,68H,5,9-10,17-18,27-30,32-34H2,1-4H3,(H,58,64)(H,66,67)/b56-31+/t37-,48-,49?,50+,51-/m0/s1. The van der Waals surface area contributed by atoms with Gasteiger partial charge in [-0.2, -0.15) is 4.31 Å². The molecule has 2 heterocycles. The lowest BCUT2D eigenvalue weighted by molar-refractivity contribution is -0.128. The molecule has 1 unspecified atom stereocenters. The number of rotatable bonds is 22. The number of aromatic nitrogens is 1. The van der Waals surface area contributed by atoms with Gasteiger partial charge < -0.3 is 30.5 Å². The second-order valence-electron chi connectivity index (χ2n) is 19.8. The van der Waals surface area contributed by atoms with Crippen molar-refractivity contribution in [1.29, 1.82) is 0 Å². The maximum absolute atomic E-state index is 14.8. The number of carbonyl (C=O) groups is 3. The topological polar surface area (TPSA) is 196 Å². The highest BCUT2D eigenvalue weighted by atomic mass is 32.2. The van der Waals surface area contributed by atoms with Gasteiger partial charge in [-0.05, 0) is 96.9 Å². The van der Waals surface area contributed by atoms with E-state index in [4.69, 9.17) is 10.2 Å². The summed E-state index contributed by atoms with van der Waals surface area (Å²) in [6, 6.07) is 28.9. The Morgan fingerprint density at radius 2 is 1.56 bits per heavy atom. The average molecular weight is 1020 g/mol. The van der Waals surface area contributed by atoms with Crippen LogP contribution in [0.15, 0.2) is 119 Å². The fourth-order valence-electron chi connectivity index (χ4n) is 10.9. The quantitative estimate of drug-likeness (QED) is 0.0297. The Bertz CT molecular complexity index is 2760. The molecule has 1 aliphatic heterocycles. The number of carbonyl (C=O) groups excluding carboxylic acids is 2. The Kier molecular flexibility index (Phi) is 16.8. The fourth-order valence-corrected chi connectivity index (χ4v) is 13.4. The van der Waals surface area contributed by atoms with Crippen LogP contribution in [-0.4, -0.2) is 122 Å². The van der Waals surface area contributed by atoms with E-state index in [-0.39, 0.29) is 67.3 Å².